The molecule has 0 aromatic heterocycles. The van der Waals surface area contributed by atoms with Gasteiger partial charge >= 0.3 is 0 Å². The highest BCUT2D eigenvalue weighted by atomic mass is 14.3. The summed E-state index contributed by atoms with van der Waals surface area (Å²) in [6, 6.07) is 0. The lowest BCUT2D eigenvalue weighted by atomic mass is 9.78. The van der Waals surface area contributed by atoms with Crippen LogP contribution < -0.4 is 0 Å². The van der Waals surface area contributed by atoms with Crippen LogP contribution in [0.3, 0.4) is 0 Å². The van der Waals surface area contributed by atoms with Gasteiger partial charge in [0.25, 0.3) is 0 Å². The molecule has 0 bridgehead atoms. The molecule has 2 rings (SSSR count). The van der Waals surface area contributed by atoms with Crippen molar-refractivity contribution in [3.8, 4) is 0 Å². The summed E-state index contributed by atoms with van der Waals surface area (Å²) in [6.07, 6.45) is 16.2. The van der Waals surface area contributed by atoms with Crippen LogP contribution in [-0.2, 0) is 0 Å². The molecule has 0 aromatic carbocycles. The fourth-order valence-electron chi connectivity index (χ4n) is 3.10. The van der Waals surface area contributed by atoms with Crippen molar-refractivity contribution in [1.29, 1.82) is 0 Å². The van der Waals surface area contributed by atoms with E-state index in [9.17, 15) is 0 Å². The van der Waals surface area contributed by atoms with Crippen LogP contribution in [0.5, 0.6) is 0 Å². The summed E-state index contributed by atoms with van der Waals surface area (Å²) in [5.74, 6) is 1.09. The van der Waals surface area contributed by atoms with Gasteiger partial charge in [-0.05, 0) is 24.2 Å². The molecule has 0 saturated heterocycles. The molecule has 0 heterocycles. The van der Waals surface area contributed by atoms with E-state index >= 15 is 0 Å². The van der Waals surface area contributed by atoms with Gasteiger partial charge < -0.3 is 0 Å². The largest absolute Gasteiger partial charge is 0.0683 e. The van der Waals surface area contributed by atoms with Crippen LogP contribution >= 0.6 is 0 Å². The maximum atomic E-state index is 2.38. The number of hydrogen-bond acceptors (Lipinski definition) is 0. The minimum Gasteiger partial charge on any atom is -0.0683 e. The Morgan fingerprint density at radius 1 is 0.778 bits per heavy atom. The van der Waals surface area contributed by atoms with Crippen molar-refractivity contribution in [2.45, 2.75) is 105 Å². The standard InChI is InChI=1S/2C8H16.C2H6/c1-8(2)6-4-3-5-7-8;1-2-8-6-4-3-5-7-8;1-2/h3-7H2,1-2H3;8H,2-7H2,1H3;1-2H3. The van der Waals surface area contributed by atoms with Crippen LogP contribution in [0.2, 0.25) is 0 Å². The summed E-state index contributed by atoms with van der Waals surface area (Å²) >= 11 is 0. The van der Waals surface area contributed by atoms with Crippen LogP contribution in [0.25, 0.3) is 0 Å². The zero-order chi connectivity index (χ0) is 13.9. The Balaban J connectivity index is 0.000000283. The van der Waals surface area contributed by atoms with E-state index in [0.29, 0.717) is 5.41 Å². The molecular weight excluding hydrogens is 216 g/mol. The predicted octanol–water partition coefficient (Wildman–Crippen LogP) is 6.98. The minimum atomic E-state index is 0.679. The monoisotopic (exact) mass is 254 g/mol. The smallest absolute Gasteiger partial charge is 0.0354 e. The third kappa shape index (κ3) is 9.00. The minimum absolute atomic E-state index is 0.679. The van der Waals surface area contributed by atoms with E-state index in [4.69, 9.17) is 0 Å². The molecule has 0 N–H and O–H groups in total. The maximum absolute atomic E-state index is 2.38. The number of hydrogen-bond donors (Lipinski definition) is 0. The summed E-state index contributed by atoms with van der Waals surface area (Å²) < 4.78 is 0. The molecule has 0 atom stereocenters. The summed E-state index contributed by atoms with van der Waals surface area (Å²) in [6.45, 7) is 11.1. The van der Waals surface area contributed by atoms with Crippen molar-refractivity contribution in [3.63, 3.8) is 0 Å². The normalized spacial score (nSPS) is 23.2. The lowest BCUT2D eigenvalue weighted by Gasteiger charge is -2.28. The molecule has 2 aliphatic rings. The van der Waals surface area contributed by atoms with Crippen molar-refractivity contribution in [2.24, 2.45) is 11.3 Å². The summed E-state index contributed by atoms with van der Waals surface area (Å²) in [7, 11) is 0. The van der Waals surface area contributed by atoms with E-state index in [-0.39, 0.29) is 0 Å². The fraction of sp³-hybridized carbons (Fsp3) is 1.00. The fourth-order valence-corrected chi connectivity index (χ4v) is 3.10. The first-order valence-corrected chi connectivity index (χ1v) is 8.64. The van der Waals surface area contributed by atoms with Gasteiger partial charge in [-0.1, -0.05) is 92.4 Å². The van der Waals surface area contributed by atoms with Crippen LogP contribution in [0.1, 0.15) is 105 Å². The van der Waals surface area contributed by atoms with Gasteiger partial charge in [0, 0.05) is 0 Å². The highest BCUT2D eigenvalue weighted by molar-refractivity contribution is 4.72. The van der Waals surface area contributed by atoms with E-state index in [1.165, 1.54) is 70.6 Å². The summed E-state index contributed by atoms with van der Waals surface area (Å²) in [5, 5.41) is 0. The number of rotatable bonds is 1. The highest BCUT2D eigenvalue weighted by Crippen LogP contribution is 2.34. The molecular formula is C18H38. The Kier molecular flexibility index (Phi) is 10.9. The second kappa shape index (κ2) is 10.9. The van der Waals surface area contributed by atoms with Gasteiger partial charge in [-0.25, -0.2) is 0 Å². The molecule has 0 unspecified atom stereocenters. The topological polar surface area (TPSA) is 0 Å². The quantitative estimate of drug-likeness (QED) is 0.473. The predicted molar refractivity (Wildman–Crippen MR) is 85.1 cm³/mol. The molecule has 0 heteroatoms. The maximum Gasteiger partial charge on any atom is -0.0354 e. The molecule has 0 aliphatic heterocycles. The second-order valence-electron chi connectivity index (χ2n) is 6.64. The van der Waals surface area contributed by atoms with Crippen LogP contribution in [-0.4, -0.2) is 0 Å². The zero-order valence-electron chi connectivity index (χ0n) is 13.9. The Labute approximate surface area is 117 Å². The molecule has 2 aliphatic carbocycles. The molecule has 2 fully saturated rings. The van der Waals surface area contributed by atoms with Crippen LogP contribution in [0, 0.1) is 11.3 Å². The van der Waals surface area contributed by atoms with Gasteiger partial charge in [0.2, 0.25) is 0 Å². The van der Waals surface area contributed by atoms with Gasteiger partial charge in [0.05, 0.1) is 0 Å². The van der Waals surface area contributed by atoms with Crippen molar-refractivity contribution in [3.05, 3.63) is 0 Å². The summed E-state index contributed by atoms with van der Waals surface area (Å²) in [5.41, 5.74) is 0.679. The third-order valence-electron chi connectivity index (χ3n) is 4.51. The van der Waals surface area contributed by atoms with Crippen LogP contribution in [0.15, 0.2) is 0 Å². The molecule has 0 amide bonds. The molecule has 0 nitrogen and oxygen atoms in total. The molecule has 0 spiro atoms. The molecule has 0 radical (unpaired) electrons. The van der Waals surface area contributed by atoms with E-state index in [2.05, 4.69) is 20.8 Å². The molecule has 110 valence electrons. The van der Waals surface area contributed by atoms with Gasteiger partial charge in [0.15, 0.2) is 0 Å². The van der Waals surface area contributed by atoms with Gasteiger partial charge in [0.1, 0.15) is 0 Å². The van der Waals surface area contributed by atoms with E-state index in [0.717, 1.165) is 5.92 Å². The van der Waals surface area contributed by atoms with E-state index in [1.54, 1.807) is 0 Å². The Hall–Kier alpha value is 0. The Bertz CT molecular complexity index is 155. The van der Waals surface area contributed by atoms with Gasteiger partial charge in [-0.2, -0.15) is 0 Å². The van der Waals surface area contributed by atoms with Gasteiger partial charge in [-0.15, -0.1) is 0 Å². The lowest BCUT2D eigenvalue weighted by molar-refractivity contribution is 0.244. The molecule has 18 heavy (non-hydrogen) atoms. The van der Waals surface area contributed by atoms with Crippen LogP contribution in [0.4, 0.5) is 0 Å². The summed E-state index contributed by atoms with van der Waals surface area (Å²) in [4.78, 5) is 0. The van der Waals surface area contributed by atoms with Gasteiger partial charge in [-0.3, -0.25) is 0 Å². The Morgan fingerprint density at radius 3 is 1.50 bits per heavy atom. The average molecular weight is 255 g/mol. The second-order valence-corrected chi connectivity index (χ2v) is 6.64. The molecule has 0 aromatic rings. The van der Waals surface area contributed by atoms with E-state index in [1.807, 2.05) is 13.8 Å². The van der Waals surface area contributed by atoms with Crippen molar-refractivity contribution in [2.75, 3.05) is 0 Å². The van der Waals surface area contributed by atoms with Crippen molar-refractivity contribution < 1.29 is 0 Å². The lowest BCUT2D eigenvalue weighted by Crippen LogP contribution is -2.14. The highest BCUT2D eigenvalue weighted by Gasteiger charge is 2.19. The van der Waals surface area contributed by atoms with E-state index < -0.39 is 0 Å². The first-order chi connectivity index (χ1) is 8.64. The first-order valence-electron chi connectivity index (χ1n) is 8.64. The van der Waals surface area contributed by atoms with Crippen molar-refractivity contribution >= 4 is 0 Å². The molecule has 2 saturated carbocycles. The van der Waals surface area contributed by atoms with Crippen molar-refractivity contribution in [1.82, 2.24) is 0 Å². The first kappa shape index (κ1) is 18.0. The zero-order valence-corrected chi connectivity index (χ0v) is 13.9. The third-order valence-corrected chi connectivity index (χ3v) is 4.51. The Morgan fingerprint density at radius 2 is 1.22 bits per heavy atom. The SMILES string of the molecule is CC.CC1(C)CCCCC1.CCC1CCCCC1. The average Bonchev–Trinajstić information content (AvgIpc) is 2.42.